The summed E-state index contributed by atoms with van der Waals surface area (Å²) in [6.07, 6.45) is 1.26. The van der Waals surface area contributed by atoms with E-state index in [9.17, 15) is 9.59 Å². The molecule has 2 aromatic carbocycles. The van der Waals surface area contributed by atoms with E-state index >= 15 is 0 Å². The highest BCUT2D eigenvalue weighted by Gasteiger charge is 2.34. The average Bonchev–Trinajstić information content (AvgIpc) is 2.70. The van der Waals surface area contributed by atoms with Crippen molar-refractivity contribution in [3.63, 3.8) is 0 Å². The van der Waals surface area contributed by atoms with Crippen molar-refractivity contribution in [1.82, 2.24) is 4.90 Å². The summed E-state index contributed by atoms with van der Waals surface area (Å²) in [6, 6.07) is 15.0. The number of hydrogen-bond acceptors (Lipinski definition) is 4. The molecule has 2 aliphatic heterocycles. The van der Waals surface area contributed by atoms with Gasteiger partial charge >= 0.3 is 6.09 Å². The number of ether oxygens (including phenoxy) is 1. The Morgan fingerprint density at radius 3 is 2.64 bits per heavy atom. The van der Waals surface area contributed by atoms with Crippen LogP contribution in [0.1, 0.15) is 18.4 Å². The lowest BCUT2D eigenvalue weighted by molar-refractivity contribution is -0.117. The second kappa shape index (κ2) is 8.20. The molecule has 0 aliphatic carbocycles. The third-order valence-corrected chi connectivity index (χ3v) is 5.43. The molecule has 0 spiro atoms. The number of para-hydroxylation sites is 1. The van der Waals surface area contributed by atoms with E-state index in [1.165, 1.54) is 0 Å². The molecule has 146 valence electrons. The van der Waals surface area contributed by atoms with Crippen LogP contribution in [0.15, 0.2) is 48.5 Å². The number of cyclic esters (lactones) is 1. The summed E-state index contributed by atoms with van der Waals surface area (Å²) >= 11 is 6.07. The number of nitrogens with zero attached hydrogens (tertiary/aromatic N) is 2. The minimum atomic E-state index is -0.310. The Kier molecular flexibility index (Phi) is 5.50. The summed E-state index contributed by atoms with van der Waals surface area (Å²) in [7, 11) is 0. The topological polar surface area (TPSA) is 61.9 Å². The fraction of sp³-hybridized carbons (Fsp3) is 0.333. The first-order chi connectivity index (χ1) is 13.6. The van der Waals surface area contributed by atoms with Crippen LogP contribution in [0.25, 0.3) is 0 Å². The van der Waals surface area contributed by atoms with Gasteiger partial charge in [-0.1, -0.05) is 29.8 Å². The zero-order valence-electron chi connectivity index (χ0n) is 15.4. The summed E-state index contributed by atoms with van der Waals surface area (Å²) < 4.78 is 5.33. The molecule has 2 amide bonds. The van der Waals surface area contributed by atoms with Crippen LogP contribution in [0.3, 0.4) is 0 Å². The van der Waals surface area contributed by atoms with Crippen LogP contribution in [0.2, 0.25) is 5.02 Å². The Balaban J connectivity index is 1.35. The largest absolute Gasteiger partial charge is 0.444 e. The van der Waals surface area contributed by atoms with Crippen LogP contribution in [-0.4, -0.2) is 42.6 Å². The summed E-state index contributed by atoms with van der Waals surface area (Å²) in [5, 5.41) is 3.55. The first-order valence-corrected chi connectivity index (χ1v) is 9.79. The lowest BCUT2D eigenvalue weighted by Crippen LogP contribution is -2.50. The smallest absolute Gasteiger partial charge is 0.414 e. The van der Waals surface area contributed by atoms with E-state index in [1.807, 2.05) is 42.5 Å². The monoisotopic (exact) mass is 399 g/mol. The Labute approximate surface area is 169 Å². The molecule has 0 bridgehead atoms. The number of amides is 2. The number of carbonyl (C=O) groups is 2. The van der Waals surface area contributed by atoms with Gasteiger partial charge in [-0.3, -0.25) is 14.6 Å². The maximum Gasteiger partial charge on any atom is 0.414 e. The molecule has 2 aromatic rings. The number of rotatable bonds is 4. The molecule has 0 atom stereocenters. The van der Waals surface area contributed by atoms with E-state index in [1.54, 1.807) is 11.0 Å². The van der Waals surface area contributed by atoms with Crippen molar-refractivity contribution >= 4 is 35.0 Å². The first kappa shape index (κ1) is 18.8. The van der Waals surface area contributed by atoms with Gasteiger partial charge in [0, 0.05) is 35.4 Å². The molecule has 2 aliphatic rings. The normalized spacial score (nSPS) is 17.8. The van der Waals surface area contributed by atoms with E-state index in [-0.39, 0.29) is 24.6 Å². The highest BCUT2D eigenvalue weighted by molar-refractivity contribution is 6.30. The van der Waals surface area contributed by atoms with Gasteiger partial charge in [-0.05, 0) is 43.2 Å². The molecule has 4 rings (SSSR count). The van der Waals surface area contributed by atoms with Crippen LogP contribution >= 0.6 is 11.6 Å². The Bertz CT molecular complexity index is 866. The second-order valence-corrected chi connectivity index (χ2v) is 7.56. The predicted octanol–water partition coefficient (Wildman–Crippen LogP) is 3.90. The van der Waals surface area contributed by atoms with E-state index in [0.29, 0.717) is 11.6 Å². The Hall–Kier alpha value is -2.57. The first-order valence-electron chi connectivity index (χ1n) is 9.42. The molecule has 0 saturated carbocycles. The maximum absolute atomic E-state index is 12.4. The summed E-state index contributed by atoms with van der Waals surface area (Å²) in [5.74, 6) is -0.0259. The number of halogens is 1. The number of likely N-dealkylation sites (tertiary alicyclic amines) is 1. The lowest BCUT2D eigenvalue weighted by Gasteiger charge is -2.40. The van der Waals surface area contributed by atoms with Gasteiger partial charge in [-0.2, -0.15) is 0 Å². The summed E-state index contributed by atoms with van der Waals surface area (Å²) in [6.45, 7) is 2.10. The van der Waals surface area contributed by atoms with Gasteiger partial charge in [-0.25, -0.2) is 4.79 Å². The van der Waals surface area contributed by atoms with Crippen molar-refractivity contribution in [1.29, 1.82) is 0 Å². The summed E-state index contributed by atoms with van der Waals surface area (Å²) in [5.41, 5.74) is 2.60. The molecular formula is C21H22ClN3O3. The third kappa shape index (κ3) is 4.13. The average molecular weight is 400 g/mol. The fourth-order valence-electron chi connectivity index (χ4n) is 3.82. The van der Waals surface area contributed by atoms with Gasteiger partial charge in [0.1, 0.15) is 6.61 Å². The number of fused-ring (bicyclic) bond motifs is 1. The lowest BCUT2D eigenvalue weighted by atomic mass is 10.0. The van der Waals surface area contributed by atoms with Crippen molar-refractivity contribution in [2.45, 2.75) is 25.5 Å². The number of nitrogens with one attached hydrogen (secondary N) is 1. The molecule has 7 heteroatoms. The SMILES string of the molecule is O=C(CN1CCC(N2C(=O)OCc3cc(Cl)ccc32)CC1)Nc1ccccc1. The van der Waals surface area contributed by atoms with Crippen molar-refractivity contribution < 1.29 is 14.3 Å². The number of benzene rings is 2. The number of piperidine rings is 1. The molecule has 0 unspecified atom stereocenters. The Morgan fingerprint density at radius 1 is 1.14 bits per heavy atom. The van der Waals surface area contributed by atoms with Crippen molar-refractivity contribution in [2.24, 2.45) is 0 Å². The van der Waals surface area contributed by atoms with E-state index in [4.69, 9.17) is 16.3 Å². The van der Waals surface area contributed by atoms with Gasteiger partial charge in [0.2, 0.25) is 5.91 Å². The molecule has 1 saturated heterocycles. The van der Waals surface area contributed by atoms with Gasteiger partial charge in [0.25, 0.3) is 0 Å². The van der Waals surface area contributed by atoms with E-state index in [0.717, 1.165) is 42.9 Å². The van der Waals surface area contributed by atoms with Crippen LogP contribution in [0.4, 0.5) is 16.2 Å². The summed E-state index contributed by atoms with van der Waals surface area (Å²) in [4.78, 5) is 28.5. The van der Waals surface area contributed by atoms with Crippen LogP contribution in [0, 0.1) is 0 Å². The highest BCUT2D eigenvalue weighted by Crippen LogP contribution is 2.33. The fourth-order valence-corrected chi connectivity index (χ4v) is 4.01. The van der Waals surface area contributed by atoms with Gasteiger partial charge in [0.05, 0.1) is 12.2 Å². The maximum atomic E-state index is 12.4. The number of hydrogen-bond donors (Lipinski definition) is 1. The minimum absolute atomic E-state index is 0.0259. The van der Waals surface area contributed by atoms with Crippen LogP contribution in [-0.2, 0) is 16.1 Å². The zero-order valence-corrected chi connectivity index (χ0v) is 16.2. The molecule has 1 N–H and O–H groups in total. The van der Waals surface area contributed by atoms with Gasteiger partial charge in [-0.15, -0.1) is 0 Å². The van der Waals surface area contributed by atoms with E-state index < -0.39 is 0 Å². The van der Waals surface area contributed by atoms with Crippen molar-refractivity contribution in [2.75, 3.05) is 29.9 Å². The molecule has 2 heterocycles. The molecule has 6 nitrogen and oxygen atoms in total. The molecular weight excluding hydrogens is 378 g/mol. The zero-order chi connectivity index (χ0) is 19.5. The van der Waals surface area contributed by atoms with E-state index in [2.05, 4.69) is 10.2 Å². The standard InChI is InChI=1S/C21H22ClN3O3/c22-16-6-7-19-15(12-16)14-28-21(27)25(19)18-8-10-24(11-9-18)13-20(26)23-17-4-2-1-3-5-17/h1-7,12,18H,8-11,13-14H2,(H,23,26). The number of anilines is 2. The molecule has 0 radical (unpaired) electrons. The minimum Gasteiger partial charge on any atom is -0.444 e. The quantitative estimate of drug-likeness (QED) is 0.847. The van der Waals surface area contributed by atoms with Gasteiger partial charge in [0.15, 0.2) is 0 Å². The van der Waals surface area contributed by atoms with Crippen molar-refractivity contribution in [3.05, 3.63) is 59.1 Å². The molecule has 28 heavy (non-hydrogen) atoms. The van der Waals surface area contributed by atoms with Gasteiger partial charge < -0.3 is 10.1 Å². The molecule has 0 aromatic heterocycles. The highest BCUT2D eigenvalue weighted by atomic mass is 35.5. The molecule has 1 fully saturated rings. The Morgan fingerprint density at radius 2 is 1.89 bits per heavy atom. The van der Waals surface area contributed by atoms with Crippen LogP contribution < -0.4 is 10.2 Å². The second-order valence-electron chi connectivity index (χ2n) is 7.12. The van der Waals surface area contributed by atoms with Crippen molar-refractivity contribution in [3.8, 4) is 0 Å². The van der Waals surface area contributed by atoms with Crippen LogP contribution in [0.5, 0.6) is 0 Å². The number of carbonyl (C=O) groups excluding carboxylic acids is 2. The third-order valence-electron chi connectivity index (χ3n) is 5.20. The predicted molar refractivity (Wildman–Crippen MR) is 109 cm³/mol.